The average molecular weight is 483 g/mol. The molecule has 1 amide bonds. The van der Waals surface area contributed by atoms with Crippen LogP contribution in [0.15, 0.2) is 77.5 Å². The summed E-state index contributed by atoms with van der Waals surface area (Å²) < 4.78 is 27.5. The Morgan fingerprint density at radius 1 is 0.970 bits per heavy atom. The highest BCUT2D eigenvalue weighted by Crippen LogP contribution is 2.20. The molecule has 0 bridgehead atoms. The molecule has 2 aromatic carbocycles. The van der Waals surface area contributed by atoms with E-state index in [4.69, 9.17) is 0 Å². The Kier molecular flexibility index (Phi) is 8.61. The zero-order valence-electron chi connectivity index (χ0n) is 19.2. The van der Waals surface area contributed by atoms with Crippen LogP contribution in [0.3, 0.4) is 0 Å². The lowest BCUT2D eigenvalue weighted by Crippen LogP contribution is -2.44. The Bertz CT molecular complexity index is 1170. The Morgan fingerprint density at radius 3 is 2.18 bits per heavy atom. The van der Waals surface area contributed by atoms with Gasteiger partial charge in [0.25, 0.3) is 0 Å². The molecule has 3 rings (SSSR count). The first kappa shape index (κ1) is 24.9. The number of hydrogen-bond donors (Lipinski definition) is 0. The average Bonchev–Trinajstić information content (AvgIpc) is 3.21. The van der Waals surface area contributed by atoms with Gasteiger partial charge in [0.2, 0.25) is 15.9 Å². The summed E-state index contributed by atoms with van der Waals surface area (Å²) in [5.41, 5.74) is 2.92. The van der Waals surface area contributed by atoms with Gasteiger partial charge in [0.15, 0.2) is 0 Å². The van der Waals surface area contributed by atoms with Gasteiger partial charge in [-0.05, 0) is 55.0 Å². The Morgan fingerprint density at radius 2 is 1.61 bits per heavy atom. The lowest BCUT2D eigenvalue weighted by molar-refractivity contribution is -0.132. The Hall–Kier alpha value is -2.74. The first-order chi connectivity index (χ1) is 15.8. The van der Waals surface area contributed by atoms with Crippen LogP contribution in [-0.2, 0) is 27.9 Å². The third-order valence-corrected chi connectivity index (χ3v) is 7.99. The van der Waals surface area contributed by atoms with Crippen LogP contribution in [0.2, 0.25) is 0 Å². The van der Waals surface area contributed by atoms with Gasteiger partial charge in [0.05, 0.1) is 13.1 Å². The molecule has 0 radical (unpaired) electrons. The van der Waals surface area contributed by atoms with Crippen molar-refractivity contribution in [3.05, 3.63) is 99.1 Å². The normalized spacial score (nSPS) is 12.0. The monoisotopic (exact) mass is 482 g/mol. The predicted octanol–water partition coefficient (Wildman–Crippen LogP) is 5.30. The fourth-order valence-electron chi connectivity index (χ4n) is 3.38. The summed E-state index contributed by atoms with van der Waals surface area (Å²) in [5.74, 6) is -0.225. The topological polar surface area (TPSA) is 57.7 Å². The van der Waals surface area contributed by atoms with Gasteiger partial charge in [0, 0.05) is 22.9 Å². The van der Waals surface area contributed by atoms with Crippen molar-refractivity contribution in [1.29, 1.82) is 0 Å². The molecular weight excluding hydrogens is 452 g/mol. The zero-order chi connectivity index (χ0) is 23.8. The molecule has 0 fully saturated rings. The van der Waals surface area contributed by atoms with Crippen LogP contribution in [-0.4, -0.2) is 36.1 Å². The van der Waals surface area contributed by atoms with Crippen molar-refractivity contribution in [2.45, 2.75) is 39.9 Å². The molecule has 1 heterocycles. The van der Waals surface area contributed by atoms with Crippen LogP contribution in [0.4, 0.5) is 0 Å². The van der Waals surface area contributed by atoms with E-state index in [0.29, 0.717) is 13.1 Å². The largest absolute Gasteiger partial charge is 0.332 e. The molecule has 5 nitrogen and oxygen atoms in total. The second-order valence-corrected chi connectivity index (χ2v) is 10.9. The molecule has 174 valence electrons. The standard InChI is InChI=1S/C26H30N2O3S2/c1-21(2)28(33(30,31)17-15-23-10-6-4-7-11-23)20-26(29)27(18-24-12-8-5-9-13-24)19-25-22(3)14-16-32-25/h4-17,21H,18-20H2,1-3H3/b17-15+. The van der Waals surface area contributed by atoms with Crippen LogP contribution < -0.4 is 0 Å². The maximum absolute atomic E-state index is 13.4. The molecular formula is C26H30N2O3S2. The second-order valence-electron chi connectivity index (χ2n) is 8.16. The smallest absolute Gasteiger partial charge is 0.238 e. The number of amides is 1. The fraction of sp³-hybridized carbons (Fsp3) is 0.269. The van der Waals surface area contributed by atoms with E-state index in [2.05, 4.69) is 0 Å². The third-order valence-electron chi connectivity index (χ3n) is 5.30. The molecule has 0 saturated carbocycles. The number of carbonyl (C=O) groups excluding carboxylic acids is 1. The Balaban J connectivity index is 1.82. The van der Waals surface area contributed by atoms with E-state index in [1.165, 1.54) is 9.71 Å². The summed E-state index contributed by atoms with van der Waals surface area (Å²) in [6, 6.07) is 20.7. The minimum atomic E-state index is -3.78. The number of aryl methyl sites for hydroxylation is 1. The van der Waals surface area contributed by atoms with E-state index in [1.807, 2.05) is 79.0 Å². The van der Waals surface area contributed by atoms with Gasteiger partial charge >= 0.3 is 0 Å². The van der Waals surface area contributed by atoms with Gasteiger partial charge in [0.1, 0.15) is 0 Å². The first-order valence-electron chi connectivity index (χ1n) is 10.9. The molecule has 0 aliphatic heterocycles. The van der Waals surface area contributed by atoms with Crippen molar-refractivity contribution in [3.63, 3.8) is 0 Å². The van der Waals surface area contributed by atoms with Crippen LogP contribution in [0.5, 0.6) is 0 Å². The van der Waals surface area contributed by atoms with Gasteiger partial charge < -0.3 is 4.90 Å². The summed E-state index contributed by atoms with van der Waals surface area (Å²) in [7, 11) is -3.78. The highest BCUT2D eigenvalue weighted by atomic mass is 32.2. The van der Waals surface area contributed by atoms with Gasteiger partial charge in [-0.15, -0.1) is 11.3 Å². The molecule has 0 atom stereocenters. The quantitative estimate of drug-likeness (QED) is 0.394. The second kappa shape index (κ2) is 11.4. The number of sulfonamides is 1. The molecule has 0 aliphatic rings. The summed E-state index contributed by atoms with van der Waals surface area (Å²) in [6.07, 6.45) is 1.56. The minimum absolute atomic E-state index is 0.212. The Labute approximate surface area is 201 Å². The maximum atomic E-state index is 13.4. The highest BCUT2D eigenvalue weighted by molar-refractivity contribution is 7.92. The third kappa shape index (κ3) is 7.12. The lowest BCUT2D eigenvalue weighted by Gasteiger charge is -2.28. The van der Waals surface area contributed by atoms with E-state index in [-0.39, 0.29) is 18.5 Å². The summed E-state index contributed by atoms with van der Waals surface area (Å²) in [4.78, 5) is 16.3. The number of benzene rings is 2. The number of thiophene rings is 1. The molecule has 1 aromatic heterocycles. The number of carbonyl (C=O) groups is 1. The van der Waals surface area contributed by atoms with E-state index < -0.39 is 10.0 Å². The summed E-state index contributed by atoms with van der Waals surface area (Å²) in [6.45, 7) is 6.25. The van der Waals surface area contributed by atoms with E-state index in [0.717, 1.165) is 21.6 Å². The van der Waals surface area contributed by atoms with Crippen molar-refractivity contribution in [1.82, 2.24) is 9.21 Å². The number of rotatable bonds is 10. The molecule has 0 N–H and O–H groups in total. The van der Waals surface area contributed by atoms with Gasteiger partial charge in [-0.3, -0.25) is 4.79 Å². The van der Waals surface area contributed by atoms with Crippen molar-refractivity contribution < 1.29 is 13.2 Å². The van der Waals surface area contributed by atoms with Crippen LogP contribution in [0.25, 0.3) is 6.08 Å². The van der Waals surface area contributed by atoms with Crippen molar-refractivity contribution in [3.8, 4) is 0 Å². The van der Waals surface area contributed by atoms with E-state index in [1.54, 1.807) is 36.2 Å². The van der Waals surface area contributed by atoms with Crippen LogP contribution in [0, 0.1) is 6.92 Å². The van der Waals surface area contributed by atoms with Crippen LogP contribution in [0.1, 0.15) is 35.4 Å². The molecule has 0 aliphatic carbocycles. The molecule has 7 heteroatoms. The molecule has 0 spiro atoms. The molecule has 0 unspecified atom stereocenters. The molecule has 0 saturated heterocycles. The lowest BCUT2D eigenvalue weighted by atomic mass is 10.2. The van der Waals surface area contributed by atoms with Crippen molar-refractivity contribution in [2.75, 3.05) is 6.54 Å². The zero-order valence-corrected chi connectivity index (χ0v) is 20.9. The van der Waals surface area contributed by atoms with E-state index >= 15 is 0 Å². The summed E-state index contributed by atoms with van der Waals surface area (Å²) in [5, 5.41) is 3.19. The number of nitrogens with zero attached hydrogens (tertiary/aromatic N) is 2. The van der Waals surface area contributed by atoms with Crippen molar-refractivity contribution >= 4 is 33.3 Å². The first-order valence-corrected chi connectivity index (χ1v) is 13.2. The number of hydrogen-bond acceptors (Lipinski definition) is 4. The van der Waals surface area contributed by atoms with Gasteiger partial charge in [-0.25, -0.2) is 8.42 Å². The van der Waals surface area contributed by atoms with Gasteiger partial charge in [-0.2, -0.15) is 4.31 Å². The predicted molar refractivity (Wildman–Crippen MR) is 136 cm³/mol. The summed E-state index contributed by atoms with van der Waals surface area (Å²) >= 11 is 1.61. The SMILES string of the molecule is Cc1ccsc1CN(Cc1ccccc1)C(=O)CN(C(C)C)S(=O)(=O)/C=C/c1ccccc1. The van der Waals surface area contributed by atoms with Crippen LogP contribution >= 0.6 is 11.3 Å². The van der Waals surface area contributed by atoms with Gasteiger partial charge in [-0.1, -0.05) is 60.7 Å². The highest BCUT2D eigenvalue weighted by Gasteiger charge is 2.28. The van der Waals surface area contributed by atoms with Crippen molar-refractivity contribution in [2.24, 2.45) is 0 Å². The fourth-order valence-corrected chi connectivity index (χ4v) is 5.67. The van der Waals surface area contributed by atoms with E-state index in [9.17, 15) is 13.2 Å². The minimum Gasteiger partial charge on any atom is -0.332 e. The maximum Gasteiger partial charge on any atom is 0.238 e. The molecule has 3 aromatic rings. The molecule has 33 heavy (non-hydrogen) atoms.